The van der Waals surface area contributed by atoms with E-state index >= 15 is 0 Å². The molecule has 3 aliphatic rings. The first-order valence-corrected chi connectivity index (χ1v) is 16.6. The molecule has 0 spiro atoms. The highest BCUT2D eigenvalue weighted by molar-refractivity contribution is 6.09. The minimum atomic E-state index is -4.52. The number of carbonyl (C=O) groups is 1. The van der Waals surface area contributed by atoms with Crippen molar-refractivity contribution in [3.05, 3.63) is 65.2 Å². The summed E-state index contributed by atoms with van der Waals surface area (Å²) in [5.41, 5.74) is 2.23. The molecule has 1 atom stereocenters. The molecule has 1 aromatic heterocycles. The normalized spacial score (nSPS) is 20.5. The molecule has 1 N–H and O–H groups in total. The number of rotatable bonds is 7. The monoisotopic (exact) mass is 606 g/mol. The summed E-state index contributed by atoms with van der Waals surface area (Å²) in [6.45, 7) is 6.62. The van der Waals surface area contributed by atoms with Gasteiger partial charge in [-0.3, -0.25) is 9.69 Å². The highest BCUT2D eigenvalue weighted by atomic mass is 19.4. The summed E-state index contributed by atoms with van der Waals surface area (Å²) in [7, 11) is 0. The molecule has 2 aliphatic heterocycles. The molecule has 1 amide bonds. The molecule has 2 aromatic carbocycles. The zero-order valence-corrected chi connectivity index (χ0v) is 25.8. The van der Waals surface area contributed by atoms with Crippen molar-refractivity contribution < 1.29 is 18.0 Å². The fourth-order valence-electron chi connectivity index (χ4n) is 7.71. The van der Waals surface area contributed by atoms with Gasteiger partial charge in [-0.2, -0.15) is 13.2 Å². The third kappa shape index (κ3) is 6.96. The number of pyridine rings is 1. The highest BCUT2D eigenvalue weighted by Crippen LogP contribution is 2.37. The number of halogens is 3. The topological polar surface area (TPSA) is 48.5 Å². The minimum Gasteiger partial charge on any atom is -0.349 e. The second kappa shape index (κ2) is 13.6. The number of hydrogen-bond donors (Lipinski definition) is 1. The molecule has 8 heteroatoms. The van der Waals surface area contributed by atoms with Crippen LogP contribution in [-0.2, 0) is 12.7 Å². The van der Waals surface area contributed by atoms with Crippen molar-refractivity contribution in [1.29, 1.82) is 0 Å². The van der Waals surface area contributed by atoms with Crippen LogP contribution in [0.1, 0.15) is 92.6 Å². The maximum Gasteiger partial charge on any atom is 0.416 e. The fraction of sp³-hybridized carbons (Fsp3) is 0.556. The molecule has 5 nitrogen and oxygen atoms in total. The lowest BCUT2D eigenvalue weighted by Gasteiger charge is -2.40. The minimum absolute atomic E-state index is 0.0647. The molecule has 6 rings (SSSR count). The van der Waals surface area contributed by atoms with Gasteiger partial charge in [-0.05, 0) is 95.7 Å². The van der Waals surface area contributed by atoms with E-state index in [4.69, 9.17) is 4.98 Å². The quantitative estimate of drug-likeness (QED) is 0.296. The number of hydrogen-bond acceptors (Lipinski definition) is 4. The van der Waals surface area contributed by atoms with Gasteiger partial charge in [0.1, 0.15) is 0 Å². The number of amides is 1. The van der Waals surface area contributed by atoms with Gasteiger partial charge < -0.3 is 10.2 Å². The Kier molecular flexibility index (Phi) is 9.57. The first-order valence-electron chi connectivity index (χ1n) is 16.6. The van der Waals surface area contributed by atoms with Crippen molar-refractivity contribution in [2.75, 3.05) is 26.2 Å². The molecule has 0 bridgehead atoms. The van der Waals surface area contributed by atoms with E-state index in [-0.39, 0.29) is 17.3 Å². The lowest BCUT2D eigenvalue weighted by Crippen LogP contribution is -2.46. The van der Waals surface area contributed by atoms with Crippen LogP contribution in [0, 0.1) is 5.92 Å². The summed E-state index contributed by atoms with van der Waals surface area (Å²) in [5, 5.41) is 3.52. The van der Waals surface area contributed by atoms with Crippen molar-refractivity contribution in [2.45, 2.75) is 95.9 Å². The Morgan fingerprint density at radius 2 is 1.59 bits per heavy atom. The first kappa shape index (κ1) is 31.0. The maximum atomic E-state index is 14.3. The van der Waals surface area contributed by atoms with Crippen molar-refractivity contribution in [3.8, 4) is 11.3 Å². The Morgan fingerprint density at radius 1 is 0.909 bits per heavy atom. The summed E-state index contributed by atoms with van der Waals surface area (Å²) in [4.78, 5) is 24.3. The standard InChI is InChI=1S/C36H45F3N4O/c1-25(26-11-5-2-6-12-26)40-35(44)33-30-23-28(36(37,38)39)15-16-32(30)41-34(27-13-7-3-8-14-27)31(33)24-42-21-17-29(18-22-42)43-19-9-4-10-20-43/h3,7-8,13-16,23,25-26,29H,2,4-6,9-12,17-22,24H2,1H3,(H,40,44). The van der Waals surface area contributed by atoms with Gasteiger partial charge in [0.05, 0.1) is 22.3 Å². The second-order valence-electron chi connectivity index (χ2n) is 13.2. The summed E-state index contributed by atoms with van der Waals surface area (Å²) in [6, 6.07) is 13.9. The summed E-state index contributed by atoms with van der Waals surface area (Å²) >= 11 is 0. The molecule has 236 valence electrons. The molecule has 2 saturated heterocycles. The van der Waals surface area contributed by atoms with E-state index in [1.165, 1.54) is 44.8 Å². The molecular formula is C36H45F3N4O. The third-order valence-electron chi connectivity index (χ3n) is 10.2. The number of nitrogens with zero attached hydrogens (tertiary/aromatic N) is 3. The molecule has 44 heavy (non-hydrogen) atoms. The van der Waals surface area contributed by atoms with Gasteiger partial charge in [0, 0.05) is 35.1 Å². The van der Waals surface area contributed by atoms with Gasteiger partial charge in [0.25, 0.3) is 5.91 Å². The van der Waals surface area contributed by atoms with Crippen LogP contribution >= 0.6 is 0 Å². The highest BCUT2D eigenvalue weighted by Gasteiger charge is 2.33. The largest absolute Gasteiger partial charge is 0.416 e. The van der Waals surface area contributed by atoms with E-state index in [2.05, 4.69) is 15.1 Å². The lowest BCUT2D eigenvalue weighted by atomic mass is 9.84. The van der Waals surface area contributed by atoms with Crippen molar-refractivity contribution in [3.63, 3.8) is 0 Å². The molecule has 0 radical (unpaired) electrons. The molecule has 1 saturated carbocycles. The van der Waals surface area contributed by atoms with Crippen molar-refractivity contribution >= 4 is 16.8 Å². The van der Waals surface area contributed by atoms with Gasteiger partial charge in [-0.1, -0.05) is 56.0 Å². The third-order valence-corrected chi connectivity index (χ3v) is 10.2. The number of aromatic nitrogens is 1. The van der Waals surface area contributed by atoms with Crippen LogP contribution in [0.4, 0.5) is 13.2 Å². The van der Waals surface area contributed by atoms with E-state index in [1.54, 1.807) is 0 Å². The Morgan fingerprint density at radius 3 is 2.27 bits per heavy atom. The van der Waals surface area contributed by atoms with Gasteiger partial charge >= 0.3 is 6.18 Å². The van der Waals surface area contributed by atoms with E-state index in [9.17, 15) is 18.0 Å². The molecule has 3 fully saturated rings. The van der Waals surface area contributed by atoms with Gasteiger partial charge in [-0.15, -0.1) is 0 Å². The molecular weight excluding hydrogens is 561 g/mol. The van der Waals surface area contributed by atoms with Gasteiger partial charge in [0.2, 0.25) is 0 Å². The summed E-state index contributed by atoms with van der Waals surface area (Å²) < 4.78 is 41.9. The predicted octanol–water partition coefficient (Wildman–Crippen LogP) is 8.07. The number of nitrogens with one attached hydrogen (secondary N) is 1. The van der Waals surface area contributed by atoms with Crippen LogP contribution in [0.2, 0.25) is 0 Å². The Bertz CT molecular complexity index is 1420. The van der Waals surface area contributed by atoms with Crippen LogP contribution in [0.15, 0.2) is 48.5 Å². The van der Waals surface area contributed by atoms with E-state index < -0.39 is 11.7 Å². The van der Waals surface area contributed by atoms with E-state index in [0.717, 1.165) is 69.3 Å². The molecule has 1 aliphatic carbocycles. The smallest absolute Gasteiger partial charge is 0.349 e. The maximum absolute atomic E-state index is 14.3. The molecule has 3 heterocycles. The predicted molar refractivity (Wildman–Crippen MR) is 169 cm³/mol. The average Bonchev–Trinajstić information content (AvgIpc) is 3.05. The Hall–Kier alpha value is -2.97. The Balaban J connectivity index is 1.40. The van der Waals surface area contributed by atoms with Crippen LogP contribution in [0.5, 0.6) is 0 Å². The van der Waals surface area contributed by atoms with Crippen LogP contribution < -0.4 is 5.32 Å². The summed E-state index contributed by atoms with van der Waals surface area (Å²) in [5.74, 6) is 0.0718. The van der Waals surface area contributed by atoms with Crippen molar-refractivity contribution in [1.82, 2.24) is 20.1 Å². The Labute approximate surface area is 259 Å². The number of piperidine rings is 2. The number of carbonyl (C=O) groups excluding carboxylic acids is 1. The van der Waals surface area contributed by atoms with Gasteiger partial charge in [0.15, 0.2) is 0 Å². The zero-order valence-electron chi connectivity index (χ0n) is 25.8. The second-order valence-corrected chi connectivity index (χ2v) is 13.2. The van der Waals surface area contributed by atoms with Crippen molar-refractivity contribution in [2.24, 2.45) is 5.92 Å². The van der Waals surface area contributed by atoms with E-state index in [1.807, 2.05) is 37.3 Å². The summed E-state index contributed by atoms with van der Waals surface area (Å²) in [6.07, 6.45) is 7.06. The van der Waals surface area contributed by atoms with Gasteiger partial charge in [-0.25, -0.2) is 4.98 Å². The number of likely N-dealkylation sites (tertiary alicyclic amines) is 2. The molecule has 1 unspecified atom stereocenters. The average molecular weight is 607 g/mol. The number of fused-ring (bicyclic) bond motifs is 1. The van der Waals surface area contributed by atoms with Crippen LogP contribution in [-0.4, -0.2) is 59.0 Å². The number of benzene rings is 2. The molecule has 3 aromatic rings. The van der Waals surface area contributed by atoms with E-state index in [0.29, 0.717) is 40.8 Å². The number of alkyl halides is 3. The van der Waals surface area contributed by atoms with Crippen LogP contribution in [0.25, 0.3) is 22.2 Å². The van der Waals surface area contributed by atoms with Crippen LogP contribution in [0.3, 0.4) is 0 Å². The first-order chi connectivity index (χ1) is 21.3. The fourth-order valence-corrected chi connectivity index (χ4v) is 7.71. The zero-order chi connectivity index (χ0) is 30.7. The lowest BCUT2D eigenvalue weighted by molar-refractivity contribution is -0.137. The SMILES string of the molecule is CC(NC(=O)c1c(CN2CCC(N3CCCCC3)CC2)c(-c2ccccc2)nc2ccc(C(F)(F)F)cc12)C1CCCCC1.